The molecule has 0 aromatic rings. The van der Waals surface area contributed by atoms with Crippen LogP contribution in [0.4, 0.5) is 0 Å². The zero-order valence-electron chi connectivity index (χ0n) is 9.88. The van der Waals surface area contributed by atoms with Gasteiger partial charge in [-0.3, -0.25) is 0 Å². The van der Waals surface area contributed by atoms with E-state index >= 15 is 0 Å². The van der Waals surface area contributed by atoms with E-state index in [2.05, 4.69) is 18.2 Å². The highest BCUT2D eigenvalue weighted by molar-refractivity contribution is 5.14. The molecule has 0 saturated heterocycles. The van der Waals surface area contributed by atoms with E-state index in [1.807, 2.05) is 0 Å². The molecule has 0 atom stereocenters. The van der Waals surface area contributed by atoms with E-state index in [-0.39, 0.29) is 0 Å². The Bertz CT molecular complexity index is 203. The van der Waals surface area contributed by atoms with Crippen LogP contribution in [-0.2, 0) is 0 Å². The van der Waals surface area contributed by atoms with Crippen LogP contribution in [-0.4, -0.2) is 0 Å². The molecule has 0 aromatic heterocycles. The lowest BCUT2D eigenvalue weighted by atomic mass is 10.1. The minimum atomic E-state index is 0.951. The van der Waals surface area contributed by atoms with Gasteiger partial charge in [-0.1, -0.05) is 50.7 Å². The number of allylic oxidation sites excluding steroid dienone is 3. The van der Waals surface area contributed by atoms with Crippen LogP contribution in [0.25, 0.3) is 0 Å². The fraction of sp³-hybridized carbons (Fsp3) is 0.714. The van der Waals surface area contributed by atoms with Crippen molar-refractivity contribution in [2.24, 2.45) is 5.73 Å². The summed E-state index contributed by atoms with van der Waals surface area (Å²) in [4.78, 5) is 0. The second-order valence-corrected chi connectivity index (χ2v) is 4.51. The van der Waals surface area contributed by atoms with Gasteiger partial charge in [-0.2, -0.15) is 0 Å². The number of rotatable bonds is 0. The molecule has 0 aliphatic heterocycles. The quantitative estimate of drug-likeness (QED) is 0.629. The Morgan fingerprint density at radius 3 is 1.93 bits per heavy atom. The van der Waals surface area contributed by atoms with Gasteiger partial charge in [0.2, 0.25) is 0 Å². The van der Waals surface area contributed by atoms with Crippen LogP contribution in [0.3, 0.4) is 0 Å². The summed E-state index contributed by atoms with van der Waals surface area (Å²) >= 11 is 0. The Morgan fingerprint density at radius 1 is 0.733 bits per heavy atom. The molecule has 1 heteroatoms. The molecule has 0 unspecified atom stereocenters. The van der Waals surface area contributed by atoms with Crippen LogP contribution in [0.1, 0.15) is 64.2 Å². The topological polar surface area (TPSA) is 26.0 Å². The summed E-state index contributed by atoms with van der Waals surface area (Å²) in [6.07, 6.45) is 19.9. The lowest BCUT2D eigenvalue weighted by Gasteiger charge is -2.02. The maximum Gasteiger partial charge on any atom is 0.0270 e. The van der Waals surface area contributed by atoms with Crippen molar-refractivity contribution in [2.45, 2.75) is 64.2 Å². The van der Waals surface area contributed by atoms with Crippen molar-refractivity contribution < 1.29 is 0 Å². The predicted molar refractivity (Wildman–Crippen MR) is 67.6 cm³/mol. The van der Waals surface area contributed by atoms with Gasteiger partial charge in [0, 0.05) is 5.70 Å². The van der Waals surface area contributed by atoms with E-state index in [1.54, 1.807) is 0 Å². The highest BCUT2D eigenvalue weighted by atomic mass is 14.5. The Labute approximate surface area is 94.4 Å². The normalized spacial score (nSPS) is 21.7. The largest absolute Gasteiger partial charge is 0.399 e. The first kappa shape index (κ1) is 12.4. The fourth-order valence-electron chi connectivity index (χ4n) is 2.02. The third-order valence-corrected chi connectivity index (χ3v) is 3.02. The molecule has 0 amide bonds. The van der Waals surface area contributed by atoms with Crippen molar-refractivity contribution in [3.63, 3.8) is 0 Å². The van der Waals surface area contributed by atoms with E-state index < -0.39 is 0 Å². The SMILES string of the molecule is NC1=CCCCCCCCCCCC=C1. The van der Waals surface area contributed by atoms with Gasteiger partial charge in [-0.25, -0.2) is 0 Å². The summed E-state index contributed by atoms with van der Waals surface area (Å²) in [6, 6.07) is 0. The lowest BCUT2D eigenvalue weighted by molar-refractivity contribution is 0.570. The summed E-state index contributed by atoms with van der Waals surface area (Å²) in [6.45, 7) is 0. The fourth-order valence-corrected chi connectivity index (χ4v) is 2.02. The molecule has 0 saturated carbocycles. The van der Waals surface area contributed by atoms with Gasteiger partial charge in [0.25, 0.3) is 0 Å². The molecule has 86 valence electrons. The lowest BCUT2D eigenvalue weighted by Crippen LogP contribution is -1.93. The minimum absolute atomic E-state index is 0.951. The molecule has 0 spiro atoms. The first-order valence-electron chi connectivity index (χ1n) is 6.52. The van der Waals surface area contributed by atoms with Crippen LogP contribution in [0.2, 0.25) is 0 Å². The third-order valence-electron chi connectivity index (χ3n) is 3.02. The Morgan fingerprint density at radius 2 is 1.27 bits per heavy atom. The zero-order valence-corrected chi connectivity index (χ0v) is 9.88. The average Bonchev–Trinajstić information content (AvgIpc) is 2.24. The van der Waals surface area contributed by atoms with Crippen molar-refractivity contribution in [1.82, 2.24) is 0 Å². The molecular formula is C14H25N. The Kier molecular flexibility index (Phi) is 7.06. The maximum absolute atomic E-state index is 5.86. The van der Waals surface area contributed by atoms with Gasteiger partial charge in [0.05, 0.1) is 0 Å². The first-order chi connectivity index (χ1) is 7.39. The van der Waals surface area contributed by atoms with Crippen LogP contribution >= 0.6 is 0 Å². The average molecular weight is 207 g/mol. The molecule has 2 N–H and O–H groups in total. The molecule has 0 aromatic carbocycles. The second-order valence-electron chi connectivity index (χ2n) is 4.51. The molecule has 0 heterocycles. The van der Waals surface area contributed by atoms with Crippen molar-refractivity contribution in [3.8, 4) is 0 Å². The van der Waals surface area contributed by atoms with Gasteiger partial charge in [-0.15, -0.1) is 0 Å². The van der Waals surface area contributed by atoms with Gasteiger partial charge in [-0.05, 0) is 31.8 Å². The number of hydrogen-bond acceptors (Lipinski definition) is 1. The van der Waals surface area contributed by atoms with Crippen LogP contribution in [0.15, 0.2) is 23.9 Å². The maximum atomic E-state index is 5.86. The third kappa shape index (κ3) is 7.24. The van der Waals surface area contributed by atoms with E-state index in [4.69, 9.17) is 5.73 Å². The molecule has 1 rings (SSSR count). The highest BCUT2D eigenvalue weighted by Crippen LogP contribution is 2.12. The first-order valence-corrected chi connectivity index (χ1v) is 6.52. The number of nitrogens with two attached hydrogens (primary N) is 1. The molecule has 1 aliphatic carbocycles. The summed E-state index contributed by atoms with van der Waals surface area (Å²) in [5.41, 5.74) is 6.81. The molecule has 1 nitrogen and oxygen atoms in total. The van der Waals surface area contributed by atoms with Gasteiger partial charge < -0.3 is 5.73 Å². The van der Waals surface area contributed by atoms with E-state index in [0.29, 0.717) is 0 Å². The molecule has 0 bridgehead atoms. The van der Waals surface area contributed by atoms with Crippen LogP contribution in [0.5, 0.6) is 0 Å². The Hall–Kier alpha value is -0.720. The highest BCUT2D eigenvalue weighted by Gasteiger charge is 1.93. The Balaban J connectivity index is 2.30. The van der Waals surface area contributed by atoms with Gasteiger partial charge >= 0.3 is 0 Å². The van der Waals surface area contributed by atoms with E-state index in [1.165, 1.54) is 57.8 Å². The second kappa shape index (κ2) is 8.58. The molecular weight excluding hydrogens is 182 g/mol. The molecule has 0 radical (unpaired) electrons. The van der Waals surface area contributed by atoms with E-state index in [0.717, 1.165) is 12.1 Å². The van der Waals surface area contributed by atoms with Crippen molar-refractivity contribution in [2.75, 3.05) is 0 Å². The van der Waals surface area contributed by atoms with E-state index in [9.17, 15) is 0 Å². The smallest absolute Gasteiger partial charge is 0.0270 e. The van der Waals surface area contributed by atoms with Crippen molar-refractivity contribution in [1.29, 1.82) is 0 Å². The van der Waals surface area contributed by atoms with Crippen LogP contribution < -0.4 is 5.73 Å². The monoisotopic (exact) mass is 207 g/mol. The zero-order chi connectivity index (χ0) is 10.8. The summed E-state index contributed by atoms with van der Waals surface area (Å²) < 4.78 is 0. The van der Waals surface area contributed by atoms with Crippen molar-refractivity contribution >= 4 is 0 Å². The predicted octanol–water partition coefficient (Wildman–Crippen LogP) is 4.30. The van der Waals surface area contributed by atoms with Crippen molar-refractivity contribution in [3.05, 3.63) is 23.9 Å². The van der Waals surface area contributed by atoms with Gasteiger partial charge in [0.15, 0.2) is 0 Å². The summed E-state index contributed by atoms with van der Waals surface area (Å²) in [5.74, 6) is 0. The summed E-state index contributed by atoms with van der Waals surface area (Å²) in [7, 11) is 0. The molecule has 1 aliphatic rings. The minimum Gasteiger partial charge on any atom is -0.399 e. The van der Waals surface area contributed by atoms with Gasteiger partial charge in [0.1, 0.15) is 0 Å². The molecule has 0 fully saturated rings. The number of hydrogen-bond donors (Lipinski definition) is 1. The molecule has 15 heavy (non-hydrogen) atoms. The standard InChI is InChI=1S/C14H25N/c15-14-12-10-8-6-4-2-1-3-5-7-9-11-13-14/h10,12-13H,1-9,11,15H2. The summed E-state index contributed by atoms with van der Waals surface area (Å²) in [5, 5.41) is 0. The van der Waals surface area contributed by atoms with Crippen LogP contribution in [0, 0.1) is 0 Å².